The Morgan fingerprint density at radius 1 is 1.16 bits per heavy atom. The third-order valence-corrected chi connectivity index (χ3v) is 7.77. The quantitative estimate of drug-likeness (QED) is 0.545. The molecule has 0 radical (unpaired) electrons. The van der Waals surface area contributed by atoms with E-state index in [2.05, 4.69) is 20.8 Å². The molecule has 1 fully saturated rings. The van der Waals surface area contributed by atoms with Crippen molar-refractivity contribution in [1.82, 2.24) is 13.8 Å². The predicted molar refractivity (Wildman–Crippen MR) is 125 cm³/mol. The fraction of sp³-hybridized carbons (Fsp3) is 0.542. The average Bonchev–Trinajstić information content (AvgIpc) is 3.50. The van der Waals surface area contributed by atoms with Crippen LogP contribution in [0.25, 0.3) is 0 Å². The molecule has 7 nitrogen and oxygen atoms in total. The van der Waals surface area contributed by atoms with Crippen molar-refractivity contribution in [1.29, 1.82) is 0 Å². The Morgan fingerprint density at radius 2 is 1.81 bits per heavy atom. The molecule has 8 heteroatoms. The third kappa shape index (κ3) is 5.79. The highest BCUT2D eigenvalue weighted by Crippen LogP contribution is 2.29. The van der Waals surface area contributed by atoms with E-state index in [1.165, 1.54) is 11.4 Å². The second kappa shape index (κ2) is 9.77. The maximum Gasteiger partial charge on any atom is 0.243 e. The number of benzene rings is 1. The summed E-state index contributed by atoms with van der Waals surface area (Å²) in [7, 11) is -0.369. The standard InChI is InChI=1S/C24H35N3O4S/c1-24(2,3)19-8-12-22(13-9-19)32(29,30)26(15-16-31-5)18-23(28)27(20-10-11-20)17-21-7-6-14-25(21)4/h6-9,12-14,20H,10-11,15-18H2,1-5H3. The summed E-state index contributed by atoms with van der Waals surface area (Å²) in [4.78, 5) is 15.3. The number of ether oxygens (including phenoxy) is 1. The molecule has 0 saturated heterocycles. The topological polar surface area (TPSA) is 71.8 Å². The number of hydrogen-bond donors (Lipinski definition) is 0. The maximum atomic E-state index is 13.4. The molecular formula is C24H35N3O4S. The second-order valence-electron chi connectivity index (χ2n) is 9.47. The van der Waals surface area contributed by atoms with Crippen molar-refractivity contribution < 1.29 is 17.9 Å². The third-order valence-electron chi connectivity index (χ3n) is 5.91. The van der Waals surface area contributed by atoms with E-state index >= 15 is 0 Å². The van der Waals surface area contributed by atoms with Crippen molar-refractivity contribution in [2.45, 2.75) is 56.5 Å². The fourth-order valence-corrected chi connectivity index (χ4v) is 5.01. The van der Waals surface area contributed by atoms with Crippen molar-refractivity contribution in [3.63, 3.8) is 0 Å². The molecule has 0 spiro atoms. The lowest BCUT2D eigenvalue weighted by atomic mass is 9.87. The SMILES string of the molecule is COCCN(CC(=O)N(Cc1cccn1C)C1CC1)S(=O)(=O)c1ccc(C(C)(C)C)cc1. The van der Waals surface area contributed by atoms with Gasteiger partial charge in [0, 0.05) is 38.6 Å². The zero-order valence-corrected chi connectivity index (χ0v) is 20.6. The number of aryl methyl sites for hydroxylation is 1. The summed E-state index contributed by atoms with van der Waals surface area (Å²) in [6, 6.07) is 11.0. The molecule has 1 aliphatic rings. The summed E-state index contributed by atoms with van der Waals surface area (Å²) in [5.41, 5.74) is 2.00. The van der Waals surface area contributed by atoms with Crippen LogP contribution < -0.4 is 0 Å². The molecule has 1 aliphatic carbocycles. The normalized spacial score (nSPS) is 14.7. The highest BCUT2D eigenvalue weighted by molar-refractivity contribution is 7.89. The first-order chi connectivity index (χ1) is 15.0. The van der Waals surface area contributed by atoms with Gasteiger partial charge >= 0.3 is 0 Å². The van der Waals surface area contributed by atoms with E-state index in [0.29, 0.717) is 6.54 Å². The molecule has 0 unspecified atom stereocenters. The van der Waals surface area contributed by atoms with Gasteiger partial charge in [-0.15, -0.1) is 0 Å². The van der Waals surface area contributed by atoms with Gasteiger partial charge < -0.3 is 14.2 Å². The minimum absolute atomic E-state index is 0.0737. The van der Waals surface area contributed by atoms with Crippen LogP contribution in [0.4, 0.5) is 0 Å². The van der Waals surface area contributed by atoms with Gasteiger partial charge in [0.15, 0.2) is 0 Å². The average molecular weight is 462 g/mol. The molecule has 0 N–H and O–H groups in total. The van der Waals surface area contributed by atoms with Crippen LogP contribution in [0.15, 0.2) is 47.5 Å². The highest BCUT2D eigenvalue weighted by Gasteiger charge is 2.35. The van der Waals surface area contributed by atoms with E-state index in [1.807, 2.05) is 47.0 Å². The van der Waals surface area contributed by atoms with E-state index in [-0.39, 0.29) is 42.0 Å². The fourth-order valence-electron chi connectivity index (χ4n) is 3.64. The van der Waals surface area contributed by atoms with Crippen LogP contribution in [-0.2, 0) is 38.6 Å². The van der Waals surface area contributed by atoms with Crippen molar-refractivity contribution in [2.75, 3.05) is 26.8 Å². The lowest BCUT2D eigenvalue weighted by molar-refractivity contribution is -0.132. The summed E-state index contributed by atoms with van der Waals surface area (Å²) >= 11 is 0. The molecule has 2 aromatic rings. The Labute approximate surface area is 192 Å². The molecule has 1 saturated carbocycles. The van der Waals surface area contributed by atoms with E-state index in [9.17, 15) is 13.2 Å². The number of nitrogens with zero attached hydrogens (tertiary/aromatic N) is 3. The first-order valence-electron chi connectivity index (χ1n) is 11.0. The summed E-state index contributed by atoms with van der Waals surface area (Å²) in [5.74, 6) is -0.181. The van der Waals surface area contributed by atoms with E-state index in [1.54, 1.807) is 12.1 Å². The summed E-state index contributed by atoms with van der Waals surface area (Å²) in [5, 5.41) is 0. The predicted octanol–water partition coefficient (Wildman–Crippen LogP) is 3.15. The Morgan fingerprint density at radius 3 is 2.31 bits per heavy atom. The number of hydrogen-bond acceptors (Lipinski definition) is 4. The minimum atomic E-state index is -3.84. The van der Waals surface area contributed by atoms with Crippen LogP contribution in [0.3, 0.4) is 0 Å². The minimum Gasteiger partial charge on any atom is -0.383 e. The lowest BCUT2D eigenvalue weighted by Gasteiger charge is -2.27. The van der Waals surface area contributed by atoms with Crippen LogP contribution >= 0.6 is 0 Å². The van der Waals surface area contributed by atoms with Gasteiger partial charge in [-0.25, -0.2) is 8.42 Å². The second-order valence-corrected chi connectivity index (χ2v) is 11.4. The smallest absolute Gasteiger partial charge is 0.243 e. The van der Waals surface area contributed by atoms with Gasteiger partial charge in [-0.1, -0.05) is 32.9 Å². The van der Waals surface area contributed by atoms with E-state index < -0.39 is 10.0 Å². The van der Waals surface area contributed by atoms with Crippen LogP contribution in [0.1, 0.15) is 44.9 Å². The Kier molecular flexibility index (Phi) is 7.47. The van der Waals surface area contributed by atoms with Crippen LogP contribution in [-0.4, -0.2) is 60.9 Å². The molecule has 0 bridgehead atoms. The van der Waals surface area contributed by atoms with Crippen molar-refractivity contribution in [3.8, 4) is 0 Å². The summed E-state index contributed by atoms with van der Waals surface area (Å²) in [6.45, 7) is 6.86. The van der Waals surface area contributed by atoms with Gasteiger partial charge in [0.2, 0.25) is 15.9 Å². The van der Waals surface area contributed by atoms with Crippen LogP contribution in [0, 0.1) is 0 Å². The van der Waals surface area contributed by atoms with Crippen molar-refractivity contribution in [3.05, 3.63) is 53.9 Å². The van der Waals surface area contributed by atoms with E-state index in [0.717, 1.165) is 24.1 Å². The monoisotopic (exact) mass is 461 g/mol. The first kappa shape index (κ1) is 24.5. The number of methoxy groups -OCH3 is 1. The largest absolute Gasteiger partial charge is 0.383 e. The van der Waals surface area contributed by atoms with Gasteiger partial charge in [-0.05, 0) is 48.1 Å². The van der Waals surface area contributed by atoms with Crippen molar-refractivity contribution >= 4 is 15.9 Å². The zero-order chi connectivity index (χ0) is 23.5. The van der Waals surface area contributed by atoms with Gasteiger partial charge in [0.25, 0.3) is 0 Å². The molecule has 0 aliphatic heterocycles. The first-order valence-corrected chi connectivity index (χ1v) is 12.5. The molecule has 1 aromatic carbocycles. The van der Waals surface area contributed by atoms with Gasteiger partial charge in [0.1, 0.15) is 0 Å². The molecular weight excluding hydrogens is 426 g/mol. The van der Waals surface area contributed by atoms with Gasteiger partial charge in [-0.2, -0.15) is 4.31 Å². The molecule has 32 heavy (non-hydrogen) atoms. The number of amides is 1. The number of rotatable bonds is 10. The molecule has 1 amide bonds. The lowest BCUT2D eigenvalue weighted by Crippen LogP contribution is -2.44. The summed E-state index contributed by atoms with van der Waals surface area (Å²) < 4.78 is 35.2. The Hall–Kier alpha value is -2.16. The molecule has 1 aromatic heterocycles. The van der Waals surface area contributed by atoms with Crippen LogP contribution in [0.5, 0.6) is 0 Å². The van der Waals surface area contributed by atoms with E-state index in [4.69, 9.17) is 4.74 Å². The maximum absolute atomic E-state index is 13.4. The number of carbonyl (C=O) groups is 1. The molecule has 176 valence electrons. The Balaban J connectivity index is 1.81. The molecule has 1 heterocycles. The van der Waals surface area contributed by atoms with Gasteiger partial charge in [-0.3, -0.25) is 4.79 Å². The van der Waals surface area contributed by atoms with Crippen molar-refractivity contribution in [2.24, 2.45) is 7.05 Å². The molecule has 0 atom stereocenters. The molecule has 3 rings (SSSR count). The van der Waals surface area contributed by atoms with Gasteiger partial charge in [0.05, 0.1) is 24.6 Å². The number of sulfonamides is 1. The zero-order valence-electron chi connectivity index (χ0n) is 19.7. The Bertz CT molecular complexity index is 1020. The summed E-state index contributed by atoms with van der Waals surface area (Å²) in [6.07, 6.45) is 3.85. The number of aromatic nitrogens is 1. The highest BCUT2D eigenvalue weighted by atomic mass is 32.2. The number of carbonyl (C=O) groups excluding carboxylic acids is 1. The van der Waals surface area contributed by atoms with Crippen LogP contribution in [0.2, 0.25) is 0 Å².